The number of morpholine rings is 1. The molecule has 0 aromatic rings. The third kappa shape index (κ3) is 3.55. The highest BCUT2D eigenvalue weighted by molar-refractivity contribution is 7.89. The molecule has 2 saturated heterocycles. The Balaban J connectivity index is 2.23. The van der Waals surface area contributed by atoms with E-state index in [2.05, 4.69) is 0 Å². The molecule has 8 heteroatoms. The lowest BCUT2D eigenvalue weighted by Crippen LogP contribution is -2.54. The first-order valence-corrected chi connectivity index (χ1v) is 8.82. The fourth-order valence-corrected chi connectivity index (χ4v) is 5.40. The van der Waals surface area contributed by atoms with E-state index in [0.717, 1.165) is 6.92 Å². The minimum Gasteiger partial charge on any atom is -0.381 e. The number of halogens is 2. The molecule has 2 heterocycles. The van der Waals surface area contributed by atoms with Gasteiger partial charge in [-0.2, -0.15) is 4.31 Å². The van der Waals surface area contributed by atoms with Crippen molar-refractivity contribution in [2.75, 3.05) is 38.7 Å². The van der Waals surface area contributed by atoms with E-state index in [0.29, 0.717) is 13.2 Å². The first-order chi connectivity index (χ1) is 9.68. The summed E-state index contributed by atoms with van der Waals surface area (Å²) in [6.45, 7) is 3.74. The highest BCUT2D eigenvalue weighted by atomic mass is 32.2. The molecule has 0 N–H and O–H groups in total. The fourth-order valence-electron chi connectivity index (χ4n) is 3.03. The highest BCUT2D eigenvalue weighted by Gasteiger charge is 2.54. The number of nitrogens with zero attached hydrogens (tertiary/aromatic N) is 1. The van der Waals surface area contributed by atoms with Crippen molar-refractivity contribution in [2.24, 2.45) is 5.41 Å². The number of hydrogen-bond acceptors (Lipinski definition) is 4. The second kappa shape index (κ2) is 6.06. The summed E-state index contributed by atoms with van der Waals surface area (Å²) in [7, 11) is -3.76. The SMILES string of the molecule is CC1COCCN1S(=O)(=O)CC1(C(C)(F)F)CCOCC1. The average Bonchev–Trinajstić information content (AvgIpc) is 2.38. The van der Waals surface area contributed by atoms with Crippen LogP contribution in [-0.2, 0) is 19.5 Å². The minimum absolute atomic E-state index is 0.0639. The molecule has 0 saturated carbocycles. The predicted molar refractivity (Wildman–Crippen MR) is 73.9 cm³/mol. The van der Waals surface area contributed by atoms with Crippen LogP contribution in [-0.4, -0.2) is 63.4 Å². The maximum atomic E-state index is 14.1. The number of ether oxygens (including phenoxy) is 2. The highest BCUT2D eigenvalue weighted by Crippen LogP contribution is 2.46. The van der Waals surface area contributed by atoms with Crippen LogP contribution in [0.15, 0.2) is 0 Å². The number of rotatable bonds is 4. The lowest BCUT2D eigenvalue weighted by atomic mass is 9.77. The van der Waals surface area contributed by atoms with Crippen molar-refractivity contribution in [1.29, 1.82) is 0 Å². The van der Waals surface area contributed by atoms with Gasteiger partial charge in [0.1, 0.15) is 0 Å². The molecule has 124 valence electrons. The standard InChI is InChI=1S/C13H23F2NO4S/c1-11-9-20-8-5-16(11)21(17,18)10-13(12(2,14)15)3-6-19-7-4-13/h11H,3-10H2,1-2H3. The normalized spacial score (nSPS) is 28.5. The van der Waals surface area contributed by atoms with Gasteiger partial charge in [0, 0.05) is 25.8 Å². The van der Waals surface area contributed by atoms with E-state index in [1.165, 1.54) is 4.31 Å². The topological polar surface area (TPSA) is 55.8 Å². The van der Waals surface area contributed by atoms with Gasteiger partial charge >= 0.3 is 0 Å². The van der Waals surface area contributed by atoms with E-state index in [-0.39, 0.29) is 38.6 Å². The van der Waals surface area contributed by atoms with Gasteiger partial charge in [0.25, 0.3) is 5.92 Å². The van der Waals surface area contributed by atoms with Crippen molar-refractivity contribution in [1.82, 2.24) is 4.31 Å². The minimum atomic E-state index is -3.76. The van der Waals surface area contributed by atoms with Gasteiger partial charge in [-0.3, -0.25) is 0 Å². The molecule has 2 fully saturated rings. The van der Waals surface area contributed by atoms with Crippen LogP contribution in [0.5, 0.6) is 0 Å². The maximum absolute atomic E-state index is 14.1. The van der Waals surface area contributed by atoms with Crippen LogP contribution < -0.4 is 0 Å². The zero-order valence-electron chi connectivity index (χ0n) is 12.5. The van der Waals surface area contributed by atoms with Crippen LogP contribution in [0.25, 0.3) is 0 Å². The molecule has 0 spiro atoms. The first-order valence-electron chi connectivity index (χ1n) is 7.21. The molecule has 2 aliphatic rings. The van der Waals surface area contributed by atoms with Crippen LogP contribution >= 0.6 is 0 Å². The van der Waals surface area contributed by atoms with Crippen LogP contribution in [0.2, 0.25) is 0 Å². The monoisotopic (exact) mass is 327 g/mol. The molecule has 0 aliphatic carbocycles. The summed E-state index contributed by atoms with van der Waals surface area (Å²) in [6.07, 6.45) is 0.128. The van der Waals surface area contributed by atoms with Crippen molar-refractivity contribution in [3.8, 4) is 0 Å². The molecule has 2 aliphatic heterocycles. The van der Waals surface area contributed by atoms with Gasteiger partial charge in [0.2, 0.25) is 10.0 Å². The largest absolute Gasteiger partial charge is 0.381 e. The quantitative estimate of drug-likeness (QED) is 0.785. The van der Waals surface area contributed by atoms with Crippen LogP contribution in [0.3, 0.4) is 0 Å². The van der Waals surface area contributed by atoms with E-state index in [1.807, 2.05) is 0 Å². The Labute approximate surface area is 124 Å². The molecular formula is C13H23F2NO4S. The van der Waals surface area contributed by atoms with Gasteiger partial charge in [-0.05, 0) is 26.7 Å². The molecule has 0 radical (unpaired) electrons. The summed E-state index contributed by atoms with van der Waals surface area (Å²) < 4.78 is 65.1. The van der Waals surface area contributed by atoms with Crippen molar-refractivity contribution < 1.29 is 26.7 Å². The summed E-state index contributed by atoms with van der Waals surface area (Å²) in [5.74, 6) is -3.59. The van der Waals surface area contributed by atoms with Crippen LogP contribution in [0.1, 0.15) is 26.7 Å². The molecule has 5 nitrogen and oxygen atoms in total. The summed E-state index contributed by atoms with van der Waals surface area (Å²) in [4.78, 5) is 0. The van der Waals surface area contributed by atoms with Crippen LogP contribution in [0.4, 0.5) is 8.78 Å². The van der Waals surface area contributed by atoms with Gasteiger partial charge < -0.3 is 9.47 Å². The Morgan fingerprint density at radius 3 is 2.38 bits per heavy atom. The number of hydrogen-bond donors (Lipinski definition) is 0. The van der Waals surface area contributed by atoms with Crippen molar-refractivity contribution in [3.05, 3.63) is 0 Å². The molecule has 1 unspecified atom stereocenters. The molecule has 1 atom stereocenters. The second-order valence-electron chi connectivity index (χ2n) is 6.07. The first kappa shape index (κ1) is 17.1. The molecule has 21 heavy (non-hydrogen) atoms. The second-order valence-corrected chi connectivity index (χ2v) is 7.99. The molecule has 0 bridgehead atoms. The van der Waals surface area contributed by atoms with E-state index >= 15 is 0 Å². The van der Waals surface area contributed by atoms with Gasteiger partial charge in [0.15, 0.2) is 0 Å². The molecule has 0 aromatic carbocycles. The molecule has 2 rings (SSSR count). The Morgan fingerprint density at radius 1 is 1.24 bits per heavy atom. The number of alkyl halides is 2. The zero-order chi connectivity index (χ0) is 15.7. The van der Waals surface area contributed by atoms with Gasteiger partial charge in [-0.1, -0.05) is 0 Å². The molecular weight excluding hydrogens is 304 g/mol. The van der Waals surface area contributed by atoms with E-state index in [9.17, 15) is 17.2 Å². The Hall–Kier alpha value is -0.310. The van der Waals surface area contributed by atoms with Crippen LogP contribution in [0, 0.1) is 5.41 Å². The van der Waals surface area contributed by atoms with E-state index in [4.69, 9.17) is 9.47 Å². The molecule has 0 aromatic heterocycles. The summed E-state index contributed by atoms with van der Waals surface area (Å²) in [5, 5.41) is 0. The smallest absolute Gasteiger partial charge is 0.252 e. The third-order valence-corrected chi connectivity index (χ3v) is 6.68. The summed E-state index contributed by atoms with van der Waals surface area (Å²) in [5.41, 5.74) is -1.54. The van der Waals surface area contributed by atoms with Gasteiger partial charge in [-0.15, -0.1) is 0 Å². The van der Waals surface area contributed by atoms with Crippen molar-refractivity contribution in [2.45, 2.75) is 38.7 Å². The summed E-state index contributed by atoms with van der Waals surface area (Å²) in [6, 6.07) is -0.314. The number of sulfonamides is 1. The Kier molecular flexibility index (Phi) is 4.92. The predicted octanol–water partition coefficient (Wildman–Crippen LogP) is 1.49. The van der Waals surface area contributed by atoms with Gasteiger partial charge in [-0.25, -0.2) is 17.2 Å². The zero-order valence-corrected chi connectivity index (χ0v) is 13.3. The van der Waals surface area contributed by atoms with E-state index < -0.39 is 27.1 Å². The maximum Gasteiger partial charge on any atom is 0.252 e. The average molecular weight is 327 g/mol. The fraction of sp³-hybridized carbons (Fsp3) is 1.00. The Morgan fingerprint density at radius 2 is 1.86 bits per heavy atom. The van der Waals surface area contributed by atoms with Crippen molar-refractivity contribution >= 4 is 10.0 Å². The third-order valence-electron chi connectivity index (χ3n) is 4.50. The lowest BCUT2D eigenvalue weighted by molar-refractivity contribution is -0.139. The van der Waals surface area contributed by atoms with Gasteiger partial charge in [0.05, 0.1) is 24.4 Å². The molecule has 0 amide bonds. The van der Waals surface area contributed by atoms with Crippen molar-refractivity contribution in [3.63, 3.8) is 0 Å². The lowest BCUT2D eigenvalue weighted by Gasteiger charge is -2.43. The van der Waals surface area contributed by atoms with E-state index in [1.54, 1.807) is 6.92 Å². The summed E-state index contributed by atoms with van der Waals surface area (Å²) >= 11 is 0. The Bertz CT molecular complexity index is 457.